The normalized spacial score (nSPS) is 18.9. The third-order valence-electron chi connectivity index (χ3n) is 5.76. The lowest BCUT2D eigenvalue weighted by atomic mass is 9.87. The van der Waals surface area contributed by atoms with Gasteiger partial charge in [-0.2, -0.15) is 0 Å². The number of nitrogens with one attached hydrogen (secondary N) is 1. The van der Waals surface area contributed by atoms with Gasteiger partial charge < -0.3 is 5.32 Å². The SMILES string of the molecule is Cc1ccc(N(C(=O)[C@H](F)Cl)[C@](C)(C(=O)NC2CCC(F)(F)CC2)c2cncnc2)cc1. The fourth-order valence-corrected chi connectivity index (χ4v) is 3.92. The van der Waals surface area contributed by atoms with E-state index in [0.29, 0.717) is 0 Å². The monoisotopic (exact) mass is 468 g/mol. The number of hydrogen-bond donors (Lipinski definition) is 1. The summed E-state index contributed by atoms with van der Waals surface area (Å²) in [4.78, 5) is 35.4. The number of amides is 2. The Balaban J connectivity index is 2.05. The number of alkyl halides is 4. The highest BCUT2D eigenvalue weighted by molar-refractivity contribution is 6.32. The summed E-state index contributed by atoms with van der Waals surface area (Å²) in [5.74, 6) is -4.58. The van der Waals surface area contributed by atoms with Gasteiger partial charge in [-0.25, -0.2) is 23.1 Å². The van der Waals surface area contributed by atoms with Crippen LogP contribution in [0.4, 0.5) is 18.9 Å². The zero-order chi connectivity index (χ0) is 23.5. The summed E-state index contributed by atoms with van der Waals surface area (Å²) in [5.41, 5.74) is -2.87. The fraction of sp³-hybridized carbons (Fsp3) is 0.455. The zero-order valence-corrected chi connectivity index (χ0v) is 18.5. The molecule has 0 aliphatic heterocycles. The second-order valence-electron chi connectivity index (χ2n) is 8.11. The largest absolute Gasteiger partial charge is 0.351 e. The lowest BCUT2D eigenvalue weighted by molar-refractivity contribution is -0.132. The number of aryl methyl sites for hydroxylation is 1. The fourth-order valence-electron chi connectivity index (χ4n) is 3.82. The first-order valence-electron chi connectivity index (χ1n) is 10.2. The highest BCUT2D eigenvalue weighted by Crippen LogP contribution is 2.37. The second kappa shape index (κ2) is 9.44. The molecular formula is C22H24ClF3N4O2. The summed E-state index contributed by atoms with van der Waals surface area (Å²) in [5, 5.41) is 2.76. The van der Waals surface area contributed by atoms with Crippen LogP contribution in [0.15, 0.2) is 43.0 Å². The predicted octanol–water partition coefficient (Wildman–Crippen LogP) is 4.26. The maximum atomic E-state index is 14.1. The number of hydrogen-bond acceptors (Lipinski definition) is 4. The molecule has 0 saturated heterocycles. The number of carbonyl (C=O) groups excluding carboxylic acids is 2. The van der Waals surface area contributed by atoms with Crippen LogP contribution in [0.3, 0.4) is 0 Å². The molecule has 10 heteroatoms. The third kappa shape index (κ3) is 5.03. The van der Waals surface area contributed by atoms with Crippen molar-refractivity contribution < 1.29 is 22.8 Å². The second-order valence-corrected chi connectivity index (χ2v) is 8.50. The molecule has 32 heavy (non-hydrogen) atoms. The van der Waals surface area contributed by atoms with Crippen LogP contribution in [0.25, 0.3) is 0 Å². The lowest BCUT2D eigenvalue weighted by Gasteiger charge is -2.41. The van der Waals surface area contributed by atoms with Crippen molar-refractivity contribution in [2.75, 3.05) is 4.90 Å². The van der Waals surface area contributed by atoms with Crippen molar-refractivity contribution in [1.82, 2.24) is 15.3 Å². The average molecular weight is 469 g/mol. The first kappa shape index (κ1) is 24.0. The van der Waals surface area contributed by atoms with Crippen molar-refractivity contribution in [3.63, 3.8) is 0 Å². The standard InChI is InChI=1S/C22H24ClF3N4O2/c1-14-3-5-17(6-4-14)30(19(31)18(23)24)21(2,15-11-27-13-28-12-15)20(32)29-16-7-9-22(25,26)10-8-16/h3-6,11-13,16,18H,7-10H2,1-2H3,(H,29,32)/t18-,21-/m0/s1. The minimum atomic E-state index is -2.76. The van der Waals surface area contributed by atoms with E-state index in [1.165, 1.54) is 25.6 Å². The van der Waals surface area contributed by atoms with Gasteiger partial charge in [0.1, 0.15) is 6.33 Å². The van der Waals surface area contributed by atoms with Gasteiger partial charge >= 0.3 is 0 Å². The summed E-state index contributed by atoms with van der Waals surface area (Å²) in [6.45, 7) is 3.26. The van der Waals surface area contributed by atoms with Gasteiger partial charge in [0.2, 0.25) is 5.92 Å². The van der Waals surface area contributed by atoms with Crippen molar-refractivity contribution in [3.05, 3.63) is 54.1 Å². The molecule has 2 atom stereocenters. The zero-order valence-electron chi connectivity index (χ0n) is 17.7. The Labute approximate surface area is 189 Å². The highest BCUT2D eigenvalue weighted by Gasteiger charge is 2.48. The number of rotatable bonds is 6. The minimum Gasteiger partial charge on any atom is -0.351 e. The van der Waals surface area contributed by atoms with Crippen LogP contribution in [0, 0.1) is 6.92 Å². The maximum absolute atomic E-state index is 14.1. The molecule has 1 aromatic heterocycles. The van der Waals surface area contributed by atoms with Crippen molar-refractivity contribution >= 4 is 29.1 Å². The Kier molecular flexibility index (Phi) is 7.07. The lowest BCUT2D eigenvalue weighted by Crippen LogP contribution is -2.60. The smallest absolute Gasteiger partial charge is 0.278 e. The van der Waals surface area contributed by atoms with Gasteiger partial charge in [-0.15, -0.1) is 0 Å². The summed E-state index contributed by atoms with van der Waals surface area (Å²) < 4.78 is 41.2. The quantitative estimate of drug-likeness (QED) is 0.643. The first-order valence-corrected chi connectivity index (χ1v) is 10.6. The average Bonchev–Trinajstić information content (AvgIpc) is 2.77. The van der Waals surface area contributed by atoms with Crippen molar-refractivity contribution in [1.29, 1.82) is 0 Å². The molecule has 0 spiro atoms. The first-order chi connectivity index (χ1) is 15.0. The van der Waals surface area contributed by atoms with Crippen LogP contribution in [-0.2, 0) is 15.1 Å². The van der Waals surface area contributed by atoms with Crippen molar-refractivity contribution in [2.24, 2.45) is 0 Å². The Bertz CT molecular complexity index is 949. The maximum Gasteiger partial charge on any atom is 0.278 e. The van der Waals surface area contributed by atoms with E-state index >= 15 is 0 Å². The number of anilines is 1. The van der Waals surface area contributed by atoms with Crippen LogP contribution >= 0.6 is 11.6 Å². The molecule has 1 saturated carbocycles. The number of benzene rings is 1. The van der Waals surface area contributed by atoms with Crippen LogP contribution < -0.4 is 10.2 Å². The minimum absolute atomic E-state index is 0.0832. The highest BCUT2D eigenvalue weighted by atomic mass is 35.5. The molecule has 2 amide bonds. The van der Waals surface area contributed by atoms with E-state index in [1.54, 1.807) is 24.3 Å². The Morgan fingerprint density at radius 1 is 1.19 bits per heavy atom. The summed E-state index contributed by atoms with van der Waals surface area (Å²) >= 11 is 5.52. The van der Waals surface area contributed by atoms with Gasteiger partial charge in [0, 0.05) is 42.5 Å². The Morgan fingerprint density at radius 2 is 1.75 bits per heavy atom. The van der Waals surface area contributed by atoms with E-state index in [2.05, 4.69) is 15.3 Å². The van der Waals surface area contributed by atoms with Crippen molar-refractivity contribution in [2.45, 2.75) is 62.7 Å². The summed E-state index contributed by atoms with van der Waals surface area (Å²) in [6, 6.07) is 6.05. The molecular weight excluding hydrogens is 445 g/mol. The van der Waals surface area contributed by atoms with Gasteiger partial charge in [0.15, 0.2) is 5.54 Å². The molecule has 0 radical (unpaired) electrons. The topological polar surface area (TPSA) is 75.2 Å². The van der Waals surface area contributed by atoms with Gasteiger partial charge in [-0.05, 0) is 38.8 Å². The molecule has 3 rings (SSSR count). The molecule has 172 valence electrons. The molecule has 0 unspecified atom stereocenters. The molecule has 2 aromatic rings. The van der Waals surface area contributed by atoms with Crippen LogP contribution in [0.2, 0.25) is 0 Å². The molecule has 1 aromatic carbocycles. The number of halogens is 4. The van der Waals surface area contributed by atoms with E-state index in [4.69, 9.17) is 11.6 Å². The van der Waals surface area contributed by atoms with Crippen LogP contribution in [0.1, 0.15) is 43.7 Å². The number of nitrogens with zero attached hydrogens (tertiary/aromatic N) is 3. The Hall–Kier alpha value is -2.68. The van der Waals surface area contributed by atoms with E-state index in [0.717, 1.165) is 10.5 Å². The summed E-state index contributed by atoms with van der Waals surface area (Å²) in [7, 11) is 0. The number of aromatic nitrogens is 2. The van der Waals surface area contributed by atoms with Gasteiger partial charge in [-0.3, -0.25) is 14.5 Å². The van der Waals surface area contributed by atoms with Crippen molar-refractivity contribution in [3.8, 4) is 0 Å². The van der Waals surface area contributed by atoms with E-state index < -0.39 is 34.9 Å². The predicted molar refractivity (Wildman–Crippen MR) is 114 cm³/mol. The van der Waals surface area contributed by atoms with E-state index in [9.17, 15) is 22.8 Å². The van der Waals surface area contributed by atoms with E-state index in [1.807, 2.05) is 6.92 Å². The molecule has 1 fully saturated rings. The van der Waals surface area contributed by atoms with Gasteiger partial charge in [0.25, 0.3) is 17.4 Å². The summed E-state index contributed by atoms with van der Waals surface area (Å²) in [6.07, 6.45) is 3.41. The molecule has 1 aliphatic rings. The van der Waals surface area contributed by atoms with Gasteiger partial charge in [0.05, 0.1) is 0 Å². The molecule has 6 nitrogen and oxygen atoms in total. The molecule has 1 aliphatic carbocycles. The van der Waals surface area contributed by atoms with E-state index in [-0.39, 0.29) is 36.9 Å². The van der Waals surface area contributed by atoms with Crippen LogP contribution in [-0.4, -0.2) is 39.4 Å². The molecule has 0 bridgehead atoms. The molecule has 1 heterocycles. The third-order valence-corrected chi connectivity index (χ3v) is 5.95. The van der Waals surface area contributed by atoms with Crippen LogP contribution in [0.5, 0.6) is 0 Å². The Morgan fingerprint density at radius 3 is 2.28 bits per heavy atom. The molecule has 1 N–H and O–H groups in total. The number of carbonyl (C=O) groups is 2. The van der Waals surface area contributed by atoms with Gasteiger partial charge in [-0.1, -0.05) is 29.3 Å².